The predicted molar refractivity (Wildman–Crippen MR) is 134 cm³/mol. The highest BCUT2D eigenvalue weighted by Gasteiger charge is 2.16. The zero-order valence-corrected chi connectivity index (χ0v) is 20.0. The van der Waals surface area contributed by atoms with Gasteiger partial charge in [-0.1, -0.05) is 42.5 Å². The topological polar surface area (TPSA) is 47.9 Å². The van der Waals surface area contributed by atoms with E-state index in [1.54, 1.807) is 6.21 Å². The second-order valence-corrected chi connectivity index (χ2v) is 9.09. The van der Waals surface area contributed by atoms with Gasteiger partial charge in [0.15, 0.2) is 0 Å². The first-order valence-electron chi connectivity index (χ1n) is 10.7. The van der Waals surface area contributed by atoms with Crippen LogP contribution in [0.3, 0.4) is 0 Å². The van der Waals surface area contributed by atoms with Gasteiger partial charge in [0.2, 0.25) is 0 Å². The fourth-order valence-corrected chi connectivity index (χ4v) is 4.66. The smallest absolute Gasteiger partial charge is 0.271 e. The van der Waals surface area contributed by atoms with Crippen LogP contribution in [-0.4, -0.2) is 37.7 Å². The first kappa shape index (κ1) is 22.2. The molecule has 5 nitrogen and oxygen atoms in total. The molecule has 0 atom stereocenters. The minimum absolute atomic E-state index is 0.219. The third-order valence-corrected chi connectivity index (χ3v) is 6.30. The van der Waals surface area contributed by atoms with Crippen molar-refractivity contribution >= 4 is 33.7 Å². The number of amides is 1. The van der Waals surface area contributed by atoms with Crippen LogP contribution in [0.25, 0.3) is 0 Å². The van der Waals surface area contributed by atoms with E-state index in [2.05, 4.69) is 55.6 Å². The highest BCUT2D eigenvalue weighted by molar-refractivity contribution is 9.10. The lowest BCUT2D eigenvalue weighted by atomic mass is 9.99. The third kappa shape index (κ3) is 5.44. The van der Waals surface area contributed by atoms with Gasteiger partial charge < -0.3 is 4.90 Å². The molecule has 0 saturated carbocycles. The number of hydrazone groups is 1. The second kappa shape index (κ2) is 10.1. The molecule has 0 radical (unpaired) electrons. The zero-order valence-electron chi connectivity index (χ0n) is 18.4. The molecule has 1 N–H and O–H groups in total. The quantitative estimate of drug-likeness (QED) is 0.397. The van der Waals surface area contributed by atoms with Gasteiger partial charge in [-0.3, -0.25) is 9.69 Å². The van der Waals surface area contributed by atoms with Crippen LogP contribution < -0.4 is 10.3 Å². The van der Waals surface area contributed by atoms with Crippen molar-refractivity contribution in [3.05, 3.63) is 99.0 Å². The van der Waals surface area contributed by atoms with Crippen LogP contribution in [0, 0.1) is 0 Å². The van der Waals surface area contributed by atoms with E-state index in [1.165, 1.54) is 16.7 Å². The summed E-state index contributed by atoms with van der Waals surface area (Å²) in [6.07, 6.45) is 2.73. The molecule has 1 amide bonds. The minimum Gasteiger partial charge on any atom is -0.377 e. The van der Waals surface area contributed by atoms with Crippen molar-refractivity contribution < 1.29 is 4.79 Å². The van der Waals surface area contributed by atoms with Gasteiger partial charge in [0.05, 0.1) is 11.9 Å². The molecule has 3 aromatic carbocycles. The minimum atomic E-state index is -0.219. The van der Waals surface area contributed by atoms with Gasteiger partial charge in [0.25, 0.3) is 5.91 Å². The molecule has 0 unspecified atom stereocenters. The van der Waals surface area contributed by atoms with Crippen LogP contribution in [-0.2, 0) is 19.5 Å². The van der Waals surface area contributed by atoms with E-state index in [9.17, 15) is 4.79 Å². The van der Waals surface area contributed by atoms with Crippen molar-refractivity contribution in [2.75, 3.05) is 25.5 Å². The first-order chi connectivity index (χ1) is 15.5. The number of hydrogen-bond acceptors (Lipinski definition) is 4. The van der Waals surface area contributed by atoms with E-state index in [0.717, 1.165) is 41.8 Å². The Morgan fingerprint density at radius 1 is 1.09 bits per heavy atom. The molecule has 6 heteroatoms. The maximum Gasteiger partial charge on any atom is 0.271 e. The lowest BCUT2D eigenvalue weighted by Gasteiger charge is -2.28. The fraction of sp³-hybridized carbons (Fsp3) is 0.231. The molecule has 4 rings (SSSR count). The normalized spacial score (nSPS) is 13.7. The average Bonchev–Trinajstić information content (AvgIpc) is 2.79. The van der Waals surface area contributed by atoms with Crippen molar-refractivity contribution in [3.63, 3.8) is 0 Å². The Labute approximate surface area is 197 Å². The van der Waals surface area contributed by atoms with E-state index in [1.807, 2.05) is 61.5 Å². The Bertz CT molecular complexity index is 1120. The summed E-state index contributed by atoms with van der Waals surface area (Å²) in [5.74, 6) is -0.219. The number of anilines is 1. The summed E-state index contributed by atoms with van der Waals surface area (Å²) in [6.45, 7) is 2.91. The fourth-order valence-electron chi connectivity index (χ4n) is 3.90. The SMILES string of the molecule is CN(C)c1ccc(C=NNC(=O)c2ccc(CN3CCc4ccccc4C3)cc2)cc1Br. The molecular formula is C26H27BrN4O. The van der Waals surface area contributed by atoms with E-state index in [0.29, 0.717) is 5.56 Å². The Hall–Kier alpha value is -2.96. The summed E-state index contributed by atoms with van der Waals surface area (Å²) in [7, 11) is 3.98. The van der Waals surface area contributed by atoms with E-state index >= 15 is 0 Å². The number of carbonyl (C=O) groups excluding carboxylic acids is 1. The summed E-state index contributed by atoms with van der Waals surface area (Å²) in [5, 5.41) is 4.10. The zero-order chi connectivity index (χ0) is 22.5. The molecule has 1 aliphatic heterocycles. The Morgan fingerprint density at radius 3 is 2.56 bits per heavy atom. The number of fused-ring (bicyclic) bond motifs is 1. The van der Waals surface area contributed by atoms with Gasteiger partial charge in [0, 0.05) is 43.8 Å². The van der Waals surface area contributed by atoms with Crippen LogP contribution in [0.2, 0.25) is 0 Å². The molecule has 164 valence electrons. The van der Waals surface area contributed by atoms with Crippen LogP contribution in [0.4, 0.5) is 5.69 Å². The van der Waals surface area contributed by atoms with E-state index in [-0.39, 0.29) is 5.91 Å². The Kier molecular flexibility index (Phi) is 7.02. The standard InChI is InChI=1S/C26H27BrN4O/c1-30(2)25-12-9-20(15-24(25)27)16-28-29-26(32)22-10-7-19(8-11-22)17-31-14-13-21-5-3-4-6-23(21)18-31/h3-12,15-16H,13-14,17-18H2,1-2H3,(H,29,32). The average molecular weight is 491 g/mol. The molecule has 0 bridgehead atoms. The molecule has 0 aliphatic carbocycles. The molecule has 0 saturated heterocycles. The monoisotopic (exact) mass is 490 g/mol. The van der Waals surface area contributed by atoms with Crippen LogP contribution in [0.1, 0.15) is 32.6 Å². The summed E-state index contributed by atoms with van der Waals surface area (Å²) in [6, 6.07) is 22.4. The van der Waals surface area contributed by atoms with Crippen LogP contribution in [0.15, 0.2) is 76.3 Å². The number of hydrogen-bond donors (Lipinski definition) is 1. The maximum atomic E-state index is 12.4. The van der Waals surface area contributed by atoms with Crippen LogP contribution in [0.5, 0.6) is 0 Å². The van der Waals surface area contributed by atoms with Crippen molar-refractivity contribution in [2.24, 2.45) is 5.10 Å². The van der Waals surface area contributed by atoms with Gasteiger partial charge in [-0.25, -0.2) is 5.43 Å². The van der Waals surface area contributed by atoms with Gasteiger partial charge in [0.1, 0.15) is 0 Å². The van der Waals surface area contributed by atoms with Crippen molar-refractivity contribution in [2.45, 2.75) is 19.5 Å². The third-order valence-electron chi connectivity index (χ3n) is 5.67. The molecule has 0 aromatic heterocycles. The lowest BCUT2D eigenvalue weighted by Crippen LogP contribution is -2.30. The highest BCUT2D eigenvalue weighted by atomic mass is 79.9. The molecule has 0 fully saturated rings. The summed E-state index contributed by atoms with van der Waals surface area (Å²) < 4.78 is 0.977. The molecular weight excluding hydrogens is 464 g/mol. The molecule has 1 aliphatic rings. The summed E-state index contributed by atoms with van der Waals surface area (Å²) in [5.41, 5.74) is 9.27. The van der Waals surface area contributed by atoms with Crippen molar-refractivity contribution in [3.8, 4) is 0 Å². The molecule has 0 spiro atoms. The summed E-state index contributed by atoms with van der Waals surface area (Å²) in [4.78, 5) is 16.9. The van der Waals surface area contributed by atoms with Gasteiger partial charge in [-0.15, -0.1) is 0 Å². The molecule has 1 heterocycles. The predicted octanol–water partition coefficient (Wildman–Crippen LogP) is 4.84. The van der Waals surface area contributed by atoms with Gasteiger partial charge >= 0.3 is 0 Å². The number of nitrogens with one attached hydrogen (secondary N) is 1. The van der Waals surface area contributed by atoms with Gasteiger partial charge in [-0.2, -0.15) is 5.10 Å². The number of rotatable bonds is 6. The number of carbonyl (C=O) groups is 1. The largest absolute Gasteiger partial charge is 0.377 e. The summed E-state index contributed by atoms with van der Waals surface area (Å²) >= 11 is 3.56. The van der Waals surface area contributed by atoms with E-state index < -0.39 is 0 Å². The van der Waals surface area contributed by atoms with Crippen LogP contribution >= 0.6 is 15.9 Å². The highest BCUT2D eigenvalue weighted by Crippen LogP contribution is 2.25. The molecule has 32 heavy (non-hydrogen) atoms. The van der Waals surface area contributed by atoms with Crippen molar-refractivity contribution in [1.29, 1.82) is 0 Å². The second-order valence-electron chi connectivity index (χ2n) is 8.23. The number of halogens is 1. The first-order valence-corrected chi connectivity index (χ1v) is 11.5. The van der Waals surface area contributed by atoms with Gasteiger partial charge in [-0.05, 0) is 68.9 Å². The van der Waals surface area contributed by atoms with Crippen molar-refractivity contribution in [1.82, 2.24) is 10.3 Å². The Balaban J connectivity index is 1.31. The number of benzene rings is 3. The lowest BCUT2D eigenvalue weighted by molar-refractivity contribution is 0.0955. The Morgan fingerprint density at radius 2 is 1.84 bits per heavy atom. The maximum absolute atomic E-state index is 12.4. The number of nitrogens with zero attached hydrogens (tertiary/aromatic N) is 3. The molecule has 3 aromatic rings. The van der Waals surface area contributed by atoms with E-state index in [4.69, 9.17) is 0 Å².